The Morgan fingerprint density at radius 2 is 1.68 bits per heavy atom. The number of benzene rings is 3. The van der Waals surface area contributed by atoms with Crippen LogP contribution in [0.2, 0.25) is 5.02 Å². The summed E-state index contributed by atoms with van der Waals surface area (Å²) >= 11 is 6.29. The van der Waals surface area contributed by atoms with Crippen molar-refractivity contribution in [3.8, 4) is 0 Å². The molecule has 7 nitrogen and oxygen atoms in total. The Labute approximate surface area is 225 Å². The van der Waals surface area contributed by atoms with Gasteiger partial charge in [-0.1, -0.05) is 49.7 Å². The molecule has 0 aliphatic rings. The van der Waals surface area contributed by atoms with Crippen LogP contribution in [-0.4, -0.2) is 22.3 Å². The first-order valence-corrected chi connectivity index (χ1v) is 12.5. The first kappa shape index (κ1) is 26.9. The minimum atomic E-state index is -0.398. The number of nitrogens with zero attached hydrogens (tertiary/aromatic N) is 1. The van der Waals surface area contributed by atoms with E-state index in [1.807, 2.05) is 0 Å². The smallest absolute Gasteiger partial charge is 0.268 e. The fourth-order valence-corrected chi connectivity index (χ4v) is 4.20. The molecule has 0 radical (unpaired) electrons. The number of amides is 3. The van der Waals surface area contributed by atoms with Crippen molar-refractivity contribution in [3.05, 3.63) is 100.0 Å². The number of anilines is 1. The first-order valence-electron chi connectivity index (χ1n) is 12.1. The third-order valence-electron chi connectivity index (χ3n) is 6.20. The SMILES string of the molecule is CC(C)C(=O)NCc1ccc(Cl)c(C(=O)Nc2ccc3c(c2)cc(C(=O)NCc2ccccc2F)n3C)c1. The molecule has 3 N–H and O–H groups in total. The van der Waals surface area contributed by atoms with E-state index in [2.05, 4.69) is 16.0 Å². The second-order valence-corrected chi connectivity index (χ2v) is 9.68. The van der Waals surface area contributed by atoms with Crippen molar-refractivity contribution in [3.63, 3.8) is 0 Å². The summed E-state index contributed by atoms with van der Waals surface area (Å²) in [7, 11) is 1.77. The van der Waals surface area contributed by atoms with E-state index in [1.165, 1.54) is 6.07 Å². The Hall–Kier alpha value is -4.17. The minimum Gasteiger partial charge on any atom is -0.352 e. The normalized spacial score (nSPS) is 11.0. The van der Waals surface area contributed by atoms with Crippen molar-refractivity contribution in [2.45, 2.75) is 26.9 Å². The zero-order valence-corrected chi connectivity index (χ0v) is 22.0. The van der Waals surface area contributed by atoms with Crippen LogP contribution < -0.4 is 16.0 Å². The number of rotatable bonds is 8. The van der Waals surface area contributed by atoms with Gasteiger partial charge in [-0.3, -0.25) is 14.4 Å². The number of fused-ring (bicyclic) bond motifs is 1. The summed E-state index contributed by atoms with van der Waals surface area (Å²) in [5, 5.41) is 9.46. The highest BCUT2D eigenvalue weighted by Crippen LogP contribution is 2.25. The molecule has 3 amide bonds. The molecule has 0 spiro atoms. The molecule has 9 heteroatoms. The maximum Gasteiger partial charge on any atom is 0.268 e. The van der Waals surface area contributed by atoms with E-state index in [4.69, 9.17) is 11.6 Å². The van der Waals surface area contributed by atoms with Crippen molar-refractivity contribution in [1.29, 1.82) is 0 Å². The van der Waals surface area contributed by atoms with Gasteiger partial charge in [0.1, 0.15) is 11.5 Å². The molecule has 0 fully saturated rings. The topological polar surface area (TPSA) is 92.2 Å². The first-order chi connectivity index (χ1) is 18.1. The van der Waals surface area contributed by atoms with Crippen LogP contribution in [0.15, 0.2) is 66.7 Å². The van der Waals surface area contributed by atoms with Gasteiger partial charge >= 0.3 is 0 Å². The zero-order valence-electron chi connectivity index (χ0n) is 21.3. The van der Waals surface area contributed by atoms with E-state index in [0.717, 1.165) is 16.5 Å². The summed E-state index contributed by atoms with van der Waals surface area (Å²) in [5.74, 6) is -1.34. The number of hydrogen-bond acceptors (Lipinski definition) is 3. The minimum absolute atomic E-state index is 0.0648. The van der Waals surface area contributed by atoms with Gasteiger partial charge in [0.05, 0.1) is 10.6 Å². The number of carbonyl (C=O) groups excluding carboxylic acids is 3. The van der Waals surface area contributed by atoms with Crippen LogP contribution in [0, 0.1) is 11.7 Å². The van der Waals surface area contributed by atoms with Crippen LogP contribution >= 0.6 is 11.6 Å². The van der Waals surface area contributed by atoms with Crippen LogP contribution in [0.5, 0.6) is 0 Å². The lowest BCUT2D eigenvalue weighted by atomic mass is 10.1. The van der Waals surface area contributed by atoms with Crippen molar-refractivity contribution in [2.24, 2.45) is 13.0 Å². The number of aromatic nitrogens is 1. The van der Waals surface area contributed by atoms with E-state index in [-0.39, 0.29) is 47.2 Å². The van der Waals surface area contributed by atoms with Gasteiger partial charge in [0.2, 0.25) is 5.91 Å². The highest BCUT2D eigenvalue weighted by molar-refractivity contribution is 6.34. The number of halogens is 2. The monoisotopic (exact) mass is 534 g/mol. The van der Waals surface area contributed by atoms with Crippen molar-refractivity contribution < 1.29 is 18.8 Å². The van der Waals surface area contributed by atoms with Gasteiger partial charge in [0.15, 0.2) is 0 Å². The number of nitrogens with one attached hydrogen (secondary N) is 3. The average molecular weight is 535 g/mol. The standard InChI is InChI=1S/C29H28ClFN4O3/c1-17(2)27(36)32-15-18-8-10-23(30)22(12-18)28(37)34-21-9-11-25-20(13-21)14-26(35(25)3)29(38)33-16-19-6-4-5-7-24(19)31/h4-14,17H,15-16H2,1-3H3,(H,32,36)(H,33,38)(H,34,37). The van der Waals surface area contributed by atoms with Crippen LogP contribution in [0.3, 0.4) is 0 Å². The molecule has 196 valence electrons. The molecule has 0 bridgehead atoms. The highest BCUT2D eigenvalue weighted by Gasteiger charge is 2.16. The van der Waals surface area contributed by atoms with Crippen LogP contribution in [0.25, 0.3) is 10.9 Å². The van der Waals surface area contributed by atoms with Gasteiger partial charge < -0.3 is 20.5 Å². The maximum atomic E-state index is 13.9. The van der Waals surface area contributed by atoms with E-state index < -0.39 is 5.91 Å². The molecule has 0 aliphatic heterocycles. The largest absolute Gasteiger partial charge is 0.352 e. The molecule has 0 atom stereocenters. The predicted molar refractivity (Wildman–Crippen MR) is 147 cm³/mol. The van der Waals surface area contributed by atoms with Crippen LogP contribution in [0.4, 0.5) is 10.1 Å². The zero-order chi connectivity index (χ0) is 27.4. The molecule has 0 aliphatic carbocycles. The lowest BCUT2D eigenvalue weighted by Crippen LogP contribution is -2.27. The van der Waals surface area contributed by atoms with Crippen LogP contribution in [-0.2, 0) is 24.9 Å². The number of carbonyl (C=O) groups is 3. The fraction of sp³-hybridized carbons (Fsp3) is 0.207. The Balaban J connectivity index is 1.48. The lowest BCUT2D eigenvalue weighted by molar-refractivity contribution is -0.124. The van der Waals surface area contributed by atoms with Gasteiger partial charge in [0, 0.05) is 48.2 Å². The summed E-state index contributed by atoms with van der Waals surface area (Å²) in [5.41, 5.74) is 3.15. The summed E-state index contributed by atoms with van der Waals surface area (Å²) in [4.78, 5) is 37.7. The molecule has 0 saturated heterocycles. The van der Waals surface area contributed by atoms with Crippen LogP contribution in [0.1, 0.15) is 45.8 Å². The van der Waals surface area contributed by atoms with Gasteiger partial charge in [-0.2, -0.15) is 0 Å². The molecule has 0 unspecified atom stereocenters. The molecule has 0 saturated carbocycles. The second-order valence-electron chi connectivity index (χ2n) is 9.28. The predicted octanol–water partition coefficient (Wildman–Crippen LogP) is 5.43. The molecule has 4 aromatic rings. The molecule has 1 aromatic heterocycles. The van der Waals surface area contributed by atoms with Crippen molar-refractivity contribution in [2.75, 3.05) is 5.32 Å². The molecule has 3 aromatic carbocycles. The number of hydrogen-bond donors (Lipinski definition) is 3. The van der Waals surface area contributed by atoms with Gasteiger partial charge in [-0.25, -0.2) is 4.39 Å². The van der Waals surface area contributed by atoms with E-state index >= 15 is 0 Å². The fourth-order valence-electron chi connectivity index (χ4n) is 4.00. The van der Waals surface area contributed by atoms with Crippen molar-refractivity contribution in [1.82, 2.24) is 15.2 Å². The van der Waals surface area contributed by atoms with E-state index in [9.17, 15) is 18.8 Å². The summed E-state index contributed by atoms with van der Waals surface area (Å²) in [6.45, 7) is 3.96. The Kier molecular flexibility index (Phi) is 8.12. The summed E-state index contributed by atoms with van der Waals surface area (Å²) in [6.07, 6.45) is 0. The number of aryl methyl sites for hydroxylation is 1. The van der Waals surface area contributed by atoms with Gasteiger partial charge in [-0.05, 0) is 48.0 Å². The molecular weight excluding hydrogens is 507 g/mol. The molecule has 4 rings (SSSR count). The molecule has 1 heterocycles. The van der Waals surface area contributed by atoms with Gasteiger partial charge in [0.25, 0.3) is 11.8 Å². The lowest BCUT2D eigenvalue weighted by Gasteiger charge is -2.11. The second kappa shape index (κ2) is 11.5. The molecule has 38 heavy (non-hydrogen) atoms. The summed E-state index contributed by atoms with van der Waals surface area (Å²) in [6, 6.07) is 18.3. The third-order valence-corrected chi connectivity index (χ3v) is 6.53. The third kappa shape index (κ3) is 6.03. The quantitative estimate of drug-likeness (QED) is 0.281. The maximum absolute atomic E-state index is 13.9. The Morgan fingerprint density at radius 3 is 2.42 bits per heavy atom. The van der Waals surface area contributed by atoms with Gasteiger partial charge in [-0.15, -0.1) is 0 Å². The average Bonchev–Trinajstić information content (AvgIpc) is 3.22. The highest BCUT2D eigenvalue weighted by atomic mass is 35.5. The summed E-state index contributed by atoms with van der Waals surface area (Å²) < 4.78 is 15.6. The van der Waals surface area contributed by atoms with E-state index in [1.54, 1.807) is 86.1 Å². The molecular formula is C29H28ClFN4O3. The van der Waals surface area contributed by atoms with Crippen molar-refractivity contribution >= 4 is 45.9 Å². The Bertz CT molecular complexity index is 1530. The van der Waals surface area contributed by atoms with E-state index in [0.29, 0.717) is 16.9 Å². The Morgan fingerprint density at radius 1 is 0.921 bits per heavy atom.